The number of tetrazole rings is 1. The largest absolute Gasteiger partial charge is 0.457 e. The highest BCUT2D eigenvalue weighted by Crippen LogP contribution is 2.39. The number of carbonyl (C=O) groups is 2. The predicted molar refractivity (Wildman–Crippen MR) is 129 cm³/mol. The van der Waals surface area contributed by atoms with Crippen LogP contribution in [0.2, 0.25) is 0 Å². The molecular weight excluding hydrogens is 444 g/mol. The van der Waals surface area contributed by atoms with Crippen LogP contribution in [0.1, 0.15) is 34.5 Å². The van der Waals surface area contributed by atoms with Crippen molar-refractivity contribution >= 4 is 17.8 Å². The Kier molecular flexibility index (Phi) is 5.80. The molecule has 1 aromatic heterocycles. The van der Waals surface area contributed by atoms with E-state index in [1.54, 1.807) is 23.7 Å². The van der Waals surface area contributed by atoms with Crippen molar-refractivity contribution in [1.29, 1.82) is 0 Å². The average Bonchev–Trinajstić information content (AvgIpc) is 3.35. The zero-order valence-corrected chi connectivity index (χ0v) is 18.9. The van der Waals surface area contributed by atoms with E-state index in [9.17, 15) is 9.59 Å². The molecule has 3 N–H and O–H groups in total. The second-order valence-corrected chi connectivity index (χ2v) is 8.10. The minimum absolute atomic E-state index is 0.141. The van der Waals surface area contributed by atoms with E-state index in [0.29, 0.717) is 22.8 Å². The molecule has 0 radical (unpaired) electrons. The van der Waals surface area contributed by atoms with Crippen LogP contribution in [-0.2, 0) is 16.1 Å². The predicted octanol–water partition coefficient (Wildman–Crippen LogP) is 3.47. The molecule has 0 fully saturated rings. The third-order valence-corrected chi connectivity index (χ3v) is 5.88. The second-order valence-electron chi connectivity index (χ2n) is 8.10. The zero-order valence-electron chi connectivity index (χ0n) is 18.9. The SMILES string of the molecule is CC1=C(C(=O)OCc2ccccc2)[C@@H](c2ccccc2-c2ccc(C(N)=O)cc2)n2nnnc2N1. The first-order chi connectivity index (χ1) is 17.0. The van der Waals surface area contributed by atoms with Gasteiger partial charge in [0.2, 0.25) is 11.9 Å². The molecule has 0 unspecified atom stereocenters. The van der Waals surface area contributed by atoms with Gasteiger partial charge in [-0.05, 0) is 51.7 Å². The molecule has 1 amide bonds. The molecule has 1 aliphatic heterocycles. The number of esters is 1. The highest BCUT2D eigenvalue weighted by Gasteiger charge is 2.36. The third-order valence-electron chi connectivity index (χ3n) is 5.88. The number of rotatable bonds is 6. The minimum atomic E-state index is -0.628. The number of hydrogen-bond donors (Lipinski definition) is 2. The smallest absolute Gasteiger partial charge is 0.338 e. The van der Waals surface area contributed by atoms with Crippen molar-refractivity contribution < 1.29 is 14.3 Å². The molecule has 35 heavy (non-hydrogen) atoms. The molecular formula is C26H22N6O3. The van der Waals surface area contributed by atoms with Crippen molar-refractivity contribution in [3.8, 4) is 11.1 Å². The van der Waals surface area contributed by atoms with E-state index in [1.165, 1.54) is 0 Å². The van der Waals surface area contributed by atoms with Crippen molar-refractivity contribution in [2.24, 2.45) is 5.73 Å². The number of fused-ring (bicyclic) bond motifs is 1. The maximum atomic E-state index is 13.4. The fourth-order valence-corrected chi connectivity index (χ4v) is 4.18. The number of amides is 1. The van der Waals surface area contributed by atoms with E-state index >= 15 is 0 Å². The monoisotopic (exact) mass is 466 g/mol. The summed E-state index contributed by atoms with van der Waals surface area (Å²) in [4.78, 5) is 24.9. The lowest BCUT2D eigenvalue weighted by Gasteiger charge is -2.29. The van der Waals surface area contributed by atoms with Crippen molar-refractivity contribution in [1.82, 2.24) is 20.2 Å². The van der Waals surface area contributed by atoms with E-state index in [4.69, 9.17) is 10.5 Å². The Morgan fingerprint density at radius 3 is 2.46 bits per heavy atom. The molecule has 0 bridgehead atoms. The van der Waals surface area contributed by atoms with Gasteiger partial charge in [0.15, 0.2) is 0 Å². The summed E-state index contributed by atoms with van der Waals surface area (Å²) in [5.41, 5.74) is 10.2. The maximum absolute atomic E-state index is 13.4. The molecule has 5 rings (SSSR count). The molecule has 3 aromatic carbocycles. The lowest BCUT2D eigenvalue weighted by molar-refractivity contribution is -0.140. The van der Waals surface area contributed by atoms with Gasteiger partial charge in [-0.3, -0.25) is 4.79 Å². The number of aromatic nitrogens is 4. The number of primary amides is 1. The van der Waals surface area contributed by atoms with E-state index in [1.807, 2.05) is 66.7 Å². The van der Waals surface area contributed by atoms with Crippen molar-refractivity contribution in [3.05, 3.63) is 107 Å². The Bertz CT molecular complexity index is 1430. The third kappa shape index (κ3) is 4.26. The maximum Gasteiger partial charge on any atom is 0.338 e. The Morgan fingerprint density at radius 2 is 1.71 bits per heavy atom. The minimum Gasteiger partial charge on any atom is -0.457 e. The van der Waals surface area contributed by atoms with Gasteiger partial charge in [-0.25, -0.2) is 4.79 Å². The van der Waals surface area contributed by atoms with E-state index in [2.05, 4.69) is 20.8 Å². The van der Waals surface area contributed by atoms with E-state index in [0.717, 1.165) is 22.3 Å². The van der Waals surface area contributed by atoms with Gasteiger partial charge in [-0.2, -0.15) is 4.68 Å². The van der Waals surface area contributed by atoms with Crippen LogP contribution in [0.3, 0.4) is 0 Å². The van der Waals surface area contributed by atoms with Crippen LogP contribution < -0.4 is 11.1 Å². The highest BCUT2D eigenvalue weighted by molar-refractivity contribution is 5.94. The van der Waals surface area contributed by atoms with Crippen LogP contribution in [0, 0.1) is 0 Å². The standard InChI is InChI=1S/C26H22N6O3/c1-16-22(25(34)35-15-17-7-3-2-4-8-17)23(32-26(28-16)29-30-31-32)21-10-6-5-9-20(21)18-11-13-19(14-12-18)24(27)33/h2-14,23H,15H2,1H3,(H2,27,33)(H,28,29,31)/t23-/m1/s1. The summed E-state index contributed by atoms with van der Waals surface area (Å²) in [7, 11) is 0. The first-order valence-electron chi connectivity index (χ1n) is 11.0. The molecule has 9 nitrogen and oxygen atoms in total. The van der Waals surface area contributed by atoms with Gasteiger partial charge in [0.25, 0.3) is 0 Å². The van der Waals surface area contributed by atoms with Gasteiger partial charge < -0.3 is 15.8 Å². The van der Waals surface area contributed by atoms with Crippen LogP contribution >= 0.6 is 0 Å². The van der Waals surface area contributed by atoms with Crippen molar-refractivity contribution in [2.45, 2.75) is 19.6 Å². The van der Waals surface area contributed by atoms with Gasteiger partial charge in [0.1, 0.15) is 12.6 Å². The molecule has 174 valence electrons. The number of anilines is 1. The number of nitrogens with two attached hydrogens (primary N) is 1. The summed E-state index contributed by atoms with van der Waals surface area (Å²) in [6.45, 7) is 1.94. The van der Waals surface area contributed by atoms with Gasteiger partial charge >= 0.3 is 5.97 Å². The summed E-state index contributed by atoms with van der Waals surface area (Å²) >= 11 is 0. The topological polar surface area (TPSA) is 125 Å². The highest BCUT2D eigenvalue weighted by atomic mass is 16.5. The number of carbonyl (C=O) groups excluding carboxylic acids is 2. The van der Waals surface area contributed by atoms with E-state index in [-0.39, 0.29) is 6.61 Å². The number of allylic oxidation sites excluding steroid dienone is 1. The Balaban J connectivity index is 1.56. The first kappa shape index (κ1) is 22.0. The summed E-state index contributed by atoms with van der Waals surface area (Å²) < 4.78 is 7.27. The van der Waals surface area contributed by atoms with Gasteiger partial charge in [0, 0.05) is 11.3 Å². The molecule has 9 heteroatoms. The number of nitrogens with one attached hydrogen (secondary N) is 1. The molecule has 0 saturated carbocycles. The number of hydrogen-bond acceptors (Lipinski definition) is 7. The quantitative estimate of drug-likeness (QED) is 0.417. The van der Waals surface area contributed by atoms with Crippen molar-refractivity contribution in [3.63, 3.8) is 0 Å². The first-order valence-corrected chi connectivity index (χ1v) is 11.0. The zero-order chi connectivity index (χ0) is 24.4. The van der Waals surface area contributed by atoms with Crippen LogP contribution in [0.25, 0.3) is 11.1 Å². The molecule has 0 spiro atoms. The average molecular weight is 467 g/mol. The molecule has 1 aliphatic rings. The number of ether oxygens (including phenoxy) is 1. The fraction of sp³-hybridized carbons (Fsp3) is 0.115. The van der Waals surface area contributed by atoms with Gasteiger partial charge in [0.05, 0.1) is 5.57 Å². The Morgan fingerprint density at radius 1 is 1.00 bits per heavy atom. The van der Waals surface area contributed by atoms with Crippen LogP contribution in [0.5, 0.6) is 0 Å². The molecule has 2 heterocycles. The Labute approximate surface area is 201 Å². The lowest BCUT2D eigenvalue weighted by atomic mass is 9.89. The van der Waals surface area contributed by atoms with Crippen molar-refractivity contribution in [2.75, 3.05) is 5.32 Å². The molecule has 1 atom stereocenters. The number of benzene rings is 3. The van der Waals surface area contributed by atoms with Crippen LogP contribution in [-0.4, -0.2) is 32.1 Å². The summed E-state index contributed by atoms with van der Waals surface area (Å²) in [5.74, 6) is -0.543. The fourth-order valence-electron chi connectivity index (χ4n) is 4.18. The molecule has 4 aromatic rings. The van der Waals surface area contributed by atoms with Gasteiger partial charge in [-0.15, -0.1) is 0 Å². The van der Waals surface area contributed by atoms with Gasteiger partial charge in [-0.1, -0.05) is 71.8 Å². The van der Waals surface area contributed by atoms with E-state index < -0.39 is 17.9 Å². The normalized spacial score (nSPS) is 14.7. The second kappa shape index (κ2) is 9.22. The number of nitrogens with zero attached hydrogens (tertiary/aromatic N) is 4. The summed E-state index contributed by atoms with van der Waals surface area (Å²) in [6.07, 6.45) is 0. The van der Waals surface area contributed by atoms with Crippen LogP contribution in [0.4, 0.5) is 5.95 Å². The Hall–Kier alpha value is -4.79. The summed E-state index contributed by atoms with van der Waals surface area (Å²) in [6, 6.07) is 23.5. The summed E-state index contributed by atoms with van der Waals surface area (Å²) in [5, 5.41) is 15.1. The molecule has 0 aliphatic carbocycles. The molecule has 0 saturated heterocycles. The lowest BCUT2D eigenvalue weighted by Crippen LogP contribution is -2.30. The van der Waals surface area contributed by atoms with Crippen LogP contribution in [0.15, 0.2) is 90.1 Å².